The van der Waals surface area contributed by atoms with Crippen LogP contribution < -0.4 is 0 Å². The van der Waals surface area contributed by atoms with Crippen molar-refractivity contribution in [1.29, 1.82) is 0 Å². The van der Waals surface area contributed by atoms with E-state index in [0.29, 0.717) is 0 Å². The quantitative estimate of drug-likeness (QED) is 0.648. The van der Waals surface area contributed by atoms with Gasteiger partial charge in [-0.3, -0.25) is 0 Å². The number of aliphatic hydroxyl groups is 1. The first-order valence-electron chi connectivity index (χ1n) is 3.12. The van der Waals surface area contributed by atoms with Crippen molar-refractivity contribution < 1.29 is 23.0 Å². The first-order chi connectivity index (χ1) is 4.92. The van der Waals surface area contributed by atoms with Crippen LogP contribution in [0.3, 0.4) is 0 Å². The van der Waals surface area contributed by atoms with Gasteiger partial charge in [0, 0.05) is 0 Å². The highest BCUT2D eigenvalue weighted by Gasteiger charge is 2.37. The monoisotopic (exact) mass is 172 g/mol. The van der Waals surface area contributed by atoms with Gasteiger partial charge in [0.15, 0.2) is 11.9 Å². The minimum Gasteiger partial charge on any atom is -0.368 e. The van der Waals surface area contributed by atoms with Crippen LogP contribution in [0.15, 0.2) is 0 Å². The third kappa shape index (κ3) is 3.07. The van der Waals surface area contributed by atoms with Gasteiger partial charge >= 0.3 is 0 Å². The van der Waals surface area contributed by atoms with Gasteiger partial charge in [0.05, 0.1) is 0 Å². The molecule has 2 unspecified atom stereocenters. The van der Waals surface area contributed by atoms with E-state index in [4.69, 9.17) is 5.11 Å². The van der Waals surface area contributed by atoms with E-state index in [2.05, 4.69) is 4.74 Å². The van der Waals surface area contributed by atoms with E-state index in [-0.39, 0.29) is 0 Å². The molecule has 1 N–H and O–H groups in total. The van der Waals surface area contributed by atoms with Crippen molar-refractivity contribution in [2.75, 3.05) is 6.67 Å². The molecule has 0 amide bonds. The van der Waals surface area contributed by atoms with Crippen LogP contribution in [0.5, 0.6) is 0 Å². The lowest BCUT2D eigenvalue weighted by Crippen LogP contribution is -2.42. The number of rotatable bonds is 4. The molecule has 0 bridgehead atoms. The highest BCUT2D eigenvalue weighted by molar-refractivity contribution is 4.77. The van der Waals surface area contributed by atoms with Crippen molar-refractivity contribution in [2.45, 2.75) is 32.2 Å². The van der Waals surface area contributed by atoms with Crippen LogP contribution in [-0.2, 0) is 4.74 Å². The minimum atomic E-state index is -2.94. The Balaban J connectivity index is 4.10. The fourth-order valence-electron chi connectivity index (χ4n) is 0.531. The van der Waals surface area contributed by atoms with Gasteiger partial charge in [-0.25, -0.2) is 13.2 Å². The SMILES string of the molecule is CC(O)OC(C)(CF)C(F)F. The summed E-state index contributed by atoms with van der Waals surface area (Å²) in [7, 11) is 0. The van der Waals surface area contributed by atoms with Crippen molar-refractivity contribution in [2.24, 2.45) is 0 Å². The molecule has 0 aliphatic rings. The van der Waals surface area contributed by atoms with Gasteiger partial charge in [-0.1, -0.05) is 0 Å². The molecule has 0 aliphatic heterocycles. The minimum absolute atomic E-state index is 0.907. The van der Waals surface area contributed by atoms with Crippen LogP contribution in [0.25, 0.3) is 0 Å². The van der Waals surface area contributed by atoms with Gasteiger partial charge in [-0.2, -0.15) is 0 Å². The van der Waals surface area contributed by atoms with Crippen LogP contribution in [0.1, 0.15) is 13.8 Å². The fraction of sp³-hybridized carbons (Fsp3) is 1.00. The molecular formula is C6H11F3O2. The summed E-state index contributed by atoms with van der Waals surface area (Å²) < 4.78 is 40.2. The third-order valence-corrected chi connectivity index (χ3v) is 1.17. The second-order valence-corrected chi connectivity index (χ2v) is 2.46. The molecule has 0 aromatic carbocycles. The van der Waals surface area contributed by atoms with Gasteiger partial charge in [-0.05, 0) is 13.8 Å². The van der Waals surface area contributed by atoms with Gasteiger partial charge in [0.25, 0.3) is 6.43 Å². The Bertz CT molecular complexity index is 118. The number of ether oxygens (including phenoxy) is 1. The number of aliphatic hydroxyl groups excluding tert-OH is 1. The molecule has 2 nitrogen and oxygen atoms in total. The van der Waals surface area contributed by atoms with Crippen LogP contribution in [-0.4, -0.2) is 30.1 Å². The normalized spacial score (nSPS) is 19.9. The third-order valence-electron chi connectivity index (χ3n) is 1.17. The van der Waals surface area contributed by atoms with E-state index in [1.54, 1.807) is 0 Å². The molecule has 5 heteroatoms. The van der Waals surface area contributed by atoms with E-state index in [1.807, 2.05) is 0 Å². The number of hydrogen-bond acceptors (Lipinski definition) is 2. The molecule has 0 rings (SSSR count). The lowest BCUT2D eigenvalue weighted by Gasteiger charge is -2.26. The van der Waals surface area contributed by atoms with Crippen LogP contribution >= 0.6 is 0 Å². The summed E-state index contributed by atoms with van der Waals surface area (Å²) in [4.78, 5) is 0. The highest BCUT2D eigenvalue weighted by Crippen LogP contribution is 2.21. The first-order valence-corrected chi connectivity index (χ1v) is 3.12. The number of halogens is 3. The van der Waals surface area contributed by atoms with Crippen molar-refractivity contribution in [1.82, 2.24) is 0 Å². The molecule has 0 fully saturated rings. The molecule has 0 heterocycles. The molecular weight excluding hydrogens is 161 g/mol. The lowest BCUT2D eigenvalue weighted by molar-refractivity contribution is -0.220. The first kappa shape index (κ1) is 10.7. The lowest BCUT2D eigenvalue weighted by atomic mass is 10.1. The van der Waals surface area contributed by atoms with Gasteiger partial charge in [-0.15, -0.1) is 0 Å². The van der Waals surface area contributed by atoms with E-state index in [0.717, 1.165) is 13.8 Å². The maximum absolute atomic E-state index is 12.0. The Labute approximate surface area is 63.0 Å². The number of alkyl halides is 3. The van der Waals surface area contributed by atoms with E-state index >= 15 is 0 Å². The Kier molecular flexibility index (Phi) is 3.82. The van der Waals surface area contributed by atoms with Crippen LogP contribution in [0, 0.1) is 0 Å². The molecule has 2 atom stereocenters. The fourth-order valence-corrected chi connectivity index (χ4v) is 0.531. The molecule has 11 heavy (non-hydrogen) atoms. The van der Waals surface area contributed by atoms with Crippen LogP contribution in [0.2, 0.25) is 0 Å². The molecule has 0 saturated heterocycles. The van der Waals surface area contributed by atoms with E-state index in [1.165, 1.54) is 0 Å². The largest absolute Gasteiger partial charge is 0.368 e. The average molecular weight is 172 g/mol. The molecule has 68 valence electrons. The van der Waals surface area contributed by atoms with Gasteiger partial charge in [0.2, 0.25) is 0 Å². The smallest absolute Gasteiger partial charge is 0.269 e. The standard InChI is InChI=1S/C6H11F3O2/c1-4(10)11-6(2,3-7)5(8)9/h4-5,10H,3H2,1-2H3. The van der Waals surface area contributed by atoms with Crippen molar-refractivity contribution in [3.05, 3.63) is 0 Å². The molecule has 0 aromatic rings. The zero-order valence-corrected chi connectivity index (χ0v) is 6.35. The summed E-state index contributed by atoms with van der Waals surface area (Å²) in [6, 6.07) is 0. The zero-order chi connectivity index (χ0) is 9.07. The summed E-state index contributed by atoms with van der Waals surface area (Å²) in [5.41, 5.74) is -2.19. The predicted octanol–water partition coefficient (Wildman–Crippen LogP) is 1.33. The summed E-state index contributed by atoms with van der Waals surface area (Å²) >= 11 is 0. The van der Waals surface area contributed by atoms with Gasteiger partial charge in [0.1, 0.15) is 6.67 Å². The highest BCUT2D eigenvalue weighted by atomic mass is 19.3. The van der Waals surface area contributed by atoms with E-state index in [9.17, 15) is 13.2 Å². The van der Waals surface area contributed by atoms with Crippen molar-refractivity contribution in [3.63, 3.8) is 0 Å². The topological polar surface area (TPSA) is 29.5 Å². The second kappa shape index (κ2) is 3.92. The average Bonchev–Trinajstić information content (AvgIpc) is 1.86. The maximum Gasteiger partial charge on any atom is 0.269 e. The van der Waals surface area contributed by atoms with Crippen LogP contribution in [0.4, 0.5) is 13.2 Å². The van der Waals surface area contributed by atoms with E-state index < -0.39 is 25.0 Å². The number of hydrogen-bond donors (Lipinski definition) is 1. The Morgan fingerprint density at radius 1 is 1.55 bits per heavy atom. The Hall–Kier alpha value is -0.290. The molecule has 0 spiro atoms. The maximum atomic E-state index is 12.0. The Morgan fingerprint density at radius 3 is 2.09 bits per heavy atom. The molecule has 0 saturated carbocycles. The summed E-state index contributed by atoms with van der Waals surface area (Å²) in [6.45, 7) is 0.732. The predicted molar refractivity (Wildman–Crippen MR) is 33.1 cm³/mol. The zero-order valence-electron chi connectivity index (χ0n) is 6.35. The van der Waals surface area contributed by atoms with Crippen molar-refractivity contribution in [3.8, 4) is 0 Å². The molecule has 0 aromatic heterocycles. The van der Waals surface area contributed by atoms with Gasteiger partial charge < -0.3 is 9.84 Å². The molecule has 0 aliphatic carbocycles. The summed E-state index contributed by atoms with van der Waals surface area (Å²) in [5.74, 6) is 0. The van der Waals surface area contributed by atoms with Crippen molar-refractivity contribution >= 4 is 0 Å². The Morgan fingerprint density at radius 2 is 2.00 bits per heavy atom. The second-order valence-electron chi connectivity index (χ2n) is 2.46. The summed E-state index contributed by atoms with van der Waals surface area (Å²) in [6.07, 6.45) is -4.33. The molecule has 0 radical (unpaired) electrons. The summed E-state index contributed by atoms with van der Waals surface area (Å²) in [5, 5.41) is 8.55.